The highest BCUT2D eigenvalue weighted by atomic mass is 16.5. The largest absolute Gasteiger partial charge is 0.496 e. The summed E-state index contributed by atoms with van der Waals surface area (Å²) in [6, 6.07) is 11.1. The molecule has 27 heavy (non-hydrogen) atoms. The van der Waals surface area contributed by atoms with Crippen LogP contribution in [-0.2, 0) is 4.74 Å². The van der Waals surface area contributed by atoms with Crippen molar-refractivity contribution >= 4 is 5.91 Å². The fourth-order valence-corrected chi connectivity index (χ4v) is 4.43. The smallest absolute Gasteiger partial charge is 0.259 e. The molecule has 6 nitrogen and oxygen atoms in total. The van der Waals surface area contributed by atoms with Crippen molar-refractivity contribution in [2.75, 3.05) is 14.2 Å². The highest BCUT2D eigenvalue weighted by molar-refractivity contribution is 5.97. The van der Waals surface area contributed by atoms with Crippen LogP contribution in [-0.4, -0.2) is 47.8 Å². The van der Waals surface area contributed by atoms with Crippen molar-refractivity contribution in [3.8, 4) is 11.4 Å². The number of carbonyl (C=O) groups is 1. The van der Waals surface area contributed by atoms with Gasteiger partial charge in [0.2, 0.25) is 0 Å². The molecule has 2 unspecified atom stereocenters. The maximum absolute atomic E-state index is 13.4. The number of aromatic nitrogens is 1. The Balaban J connectivity index is 1.73. The summed E-state index contributed by atoms with van der Waals surface area (Å²) in [5.74, 6) is 0.254. The molecule has 2 aliphatic rings. The van der Waals surface area contributed by atoms with Gasteiger partial charge in [-0.3, -0.25) is 14.2 Å². The lowest BCUT2D eigenvalue weighted by Gasteiger charge is -2.38. The van der Waals surface area contributed by atoms with E-state index >= 15 is 0 Å². The minimum Gasteiger partial charge on any atom is -0.496 e. The lowest BCUT2D eigenvalue weighted by atomic mass is 9.98. The van der Waals surface area contributed by atoms with Crippen molar-refractivity contribution in [2.45, 2.75) is 43.9 Å². The first kappa shape index (κ1) is 17.8. The monoisotopic (exact) mass is 368 g/mol. The highest BCUT2D eigenvalue weighted by Crippen LogP contribution is 2.38. The van der Waals surface area contributed by atoms with Gasteiger partial charge in [0.1, 0.15) is 5.75 Å². The second-order valence-corrected chi connectivity index (χ2v) is 7.23. The zero-order valence-corrected chi connectivity index (χ0v) is 15.6. The Morgan fingerprint density at radius 1 is 1.07 bits per heavy atom. The molecule has 1 aromatic carbocycles. The molecule has 1 aromatic heterocycles. The molecule has 0 N–H and O–H groups in total. The van der Waals surface area contributed by atoms with Crippen molar-refractivity contribution in [1.29, 1.82) is 0 Å². The summed E-state index contributed by atoms with van der Waals surface area (Å²) in [5.41, 5.74) is 0.921. The van der Waals surface area contributed by atoms with Crippen LogP contribution in [0.2, 0.25) is 0 Å². The SMILES string of the molecule is COc1cc(=O)n(-c2ccccc2)cc1C(=O)N1C2CCC1CC(OC)C2. The molecule has 4 rings (SSSR count). The second-order valence-electron chi connectivity index (χ2n) is 7.23. The summed E-state index contributed by atoms with van der Waals surface area (Å²) in [7, 11) is 3.23. The van der Waals surface area contributed by atoms with E-state index in [2.05, 4.69) is 0 Å². The molecule has 0 radical (unpaired) electrons. The Hall–Kier alpha value is -2.60. The summed E-state index contributed by atoms with van der Waals surface area (Å²) in [6.45, 7) is 0. The van der Waals surface area contributed by atoms with E-state index in [1.807, 2.05) is 35.2 Å². The third-order valence-corrected chi connectivity index (χ3v) is 5.76. The molecule has 0 spiro atoms. The molecule has 2 aliphatic heterocycles. The molecule has 2 saturated heterocycles. The molecule has 2 bridgehead atoms. The van der Waals surface area contributed by atoms with Gasteiger partial charge < -0.3 is 14.4 Å². The quantitative estimate of drug-likeness (QED) is 0.832. The molecule has 2 fully saturated rings. The van der Waals surface area contributed by atoms with Gasteiger partial charge in [-0.05, 0) is 37.8 Å². The second kappa shape index (κ2) is 7.19. The third kappa shape index (κ3) is 3.14. The van der Waals surface area contributed by atoms with Gasteiger partial charge >= 0.3 is 0 Å². The van der Waals surface area contributed by atoms with Gasteiger partial charge in [0, 0.05) is 37.1 Å². The minimum atomic E-state index is -0.226. The number of pyridine rings is 1. The van der Waals surface area contributed by atoms with Crippen molar-refractivity contribution in [3.63, 3.8) is 0 Å². The van der Waals surface area contributed by atoms with Crippen molar-refractivity contribution in [1.82, 2.24) is 9.47 Å². The number of piperidine rings is 1. The van der Waals surface area contributed by atoms with Crippen molar-refractivity contribution in [2.24, 2.45) is 0 Å². The van der Waals surface area contributed by atoms with Crippen LogP contribution >= 0.6 is 0 Å². The zero-order valence-electron chi connectivity index (χ0n) is 15.6. The van der Waals surface area contributed by atoms with Crippen LogP contribution in [0.25, 0.3) is 5.69 Å². The summed E-state index contributed by atoms with van der Waals surface area (Å²) in [6.07, 6.45) is 5.54. The predicted molar refractivity (Wildman–Crippen MR) is 102 cm³/mol. The Morgan fingerprint density at radius 3 is 2.33 bits per heavy atom. The number of rotatable bonds is 4. The van der Waals surface area contributed by atoms with Crippen LogP contribution in [0.3, 0.4) is 0 Å². The lowest BCUT2D eigenvalue weighted by Crippen LogP contribution is -2.48. The van der Waals surface area contributed by atoms with Crippen LogP contribution in [0, 0.1) is 0 Å². The maximum Gasteiger partial charge on any atom is 0.259 e. The summed E-state index contributed by atoms with van der Waals surface area (Å²) in [5, 5.41) is 0. The number of ether oxygens (including phenoxy) is 2. The van der Waals surface area contributed by atoms with Crippen LogP contribution in [0.4, 0.5) is 0 Å². The van der Waals surface area contributed by atoms with E-state index in [4.69, 9.17) is 9.47 Å². The molecular weight excluding hydrogens is 344 g/mol. The van der Waals surface area contributed by atoms with E-state index in [9.17, 15) is 9.59 Å². The lowest BCUT2D eigenvalue weighted by molar-refractivity contribution is 0.00806. The normalized spacial score (nSPS) is 24.1. The fraction of sp³-hybridized carbons (Fsp3) is 0.429. The number of amides is 1. The number of fused-ring (bicyclic) bond motifs is 2. The van der Waals surface area contributed by atoms with E-state index in [0.717, 1.165) is 31.4 Å². The van der Waals surface area contributed by atoms with Crippen molar-refractivity contribution < 1.29 is 14.3 Å². The van der Waals surface area contributed by atoms with E-state index in [1.165, 1.54) is 17.7 Å². The number of carbonyl (C=O) groups excluding carboxylic acids is 1. The van der Waals surface area contributed by atoms with Gasteiger partial charge in [0.15, 0.2) is 0 Å². The number of nitrogens with zero attached hydrogens (tertiary/aromatic N) is 2. The Labute approximate surface area is 158 Å². The van der Waals surface area contributed by atoms with Crippen LogP contribution in [0.1, 0.15) is 36.0 Å². The Kier molecular flexibility index (Phi) is 4.74. The number of hydrogen-bond donors (Lipinski definition) is 0. The molecule has 2 aromatic rings. The van der Waals surface area contributed by atoms with Crippen LogP contribution < -0.4 is 10.3 Å². The van der Waals surface area contributed by atoms with Gasteiger partial charge in [-0.25, -0.2) is 0 Å². The number of methoxy groups -OCH3 is 2. The zero-order chi connectivity index (χ0) is 19.0. The number of benzene rings is 1. The maximum atomic E-state index is 13.4. The van der Waals surface area contributed by atoms with Gasteiger partial charge in [-0.1, -0.05) is 18.2 Å². The Morgan fingerprint density at radius 2 is 1.74 bits per heavy atom. The van der Waals surface area contributed by atoms with Crippen LogP contribution in [0.15, 0.2) is 47.4 Å². The van der Waals surface area contributed by atoms with Gasteiger partial charge in [-0.15, -0.1) is 0 Å². The van der Waals surface area contributed by atoms with E-state index in [1.54, 1.807) is 13.3 Å². The Bertz CT molecular complexity index is 879. The third-order valence-electron chi connectivity index (χ3n) is 5.76. The first-order valence-corrected chi connectivity index (χ1v) is 9.34. The highest BCUT2D eigenvalue weighted by Gasteiger charge is 2.44. The average Bonchev–Trinajstić information content (AvgIpc) is 2.97. The standard InChI is InChI=1S/C21H24N2O4/c1-26-17-10-15-8-9-16(11-17)23(15)21(25)18-13-22(14-6-4-3-5-7-14)20(24)12-19(18)27-2/h3-7,12-13,15-17H,8-11H2,1-2H3. The molecule has 3 heterocycles. The van der Waals surface area contributed by atoms with Gasteiger partial charge in [0.25, 0.3) is 11.5 Å². The minimum absolute atomic E-state index is 0.0708. The summed E-state index contributed by atoms with van der Waals surface area (Å²) < 4.78 is 12.4. The summed E-state index contributed by atoms with van der Waals surface area (Å²) in [4.78, 5) is 27.9. The van der Waals surface area contributed by atoms with E-state index in [0.29, 0.717) is 11.3 Å². The van der Waals surface area contributed by atoms with E-state index in [-0.39, 0.29) is 29.7 Å². The summed E-state index contributed by atoms with van der Waals surface area (Å²) >= 11 is 0. The molecular formula is C21H24N2O4. The molecule has 0 saturated carbocycles. The first-order valence-electron chi connectivity index (χ1n) is 9.34. The number of para-hydroxylation sites is 1. The molecule has 1 amide bonds. The molecule has 0 aliphatic carbocycles. The fourth-order valence-electron chi connectivity index (χ4n) is 4.43. The molecule has 6 heteroatoms. The predicted octanol–water partition coefficient (Wildman–Crippen LogP) is 2.63. The first-order chi connectivity index (χ1) is 13.1. The van der Waals surface area contributed by atoms with E-state index < -0.39 is 0 Å². The van der Waals surface area contributed by atoms with Crippen LogP contribution in [0.5, 0.6) is 5.75 Å². The van der Waals surface area contributed by atoms with Gasteiger partial charge in [0.05, 0.1) is 18.8 Å². The molecule has 142 valence electrons. The topological polar surface area (TPSA) is 60.8 Å². The average molecular weight is 368 g/mol. The van der Waals surface area contributed by atoms with Gasteiger partial charge in [-0.2, -0.15) is 0 Å². The molecule has 2 atom stereocenters. The number of hydrogen-bond acceptors (Lipinski definition) is 4. The van der Waals surface area contributed by atoms with Crippen molar-refractivity contribution in [3.05, 3.63) is 58.5 Å².